The predicted octanol–water partition coefficient (Wildman–Crippen LogP) is 8.78. The van der Waals surface area contributed by atoms with Crippen LogP contribution in [0.4, 0.5) is 23.2 Å². The molecule has 4 aromatic rings. The fourth-order valence-electron chi connectivity index (χ4n) is 9.96. The van der Waals surface area contributed by atoms with Crippen LogP contribution in [0.5, 0.6) is 11.8 Å². The van der Waals surface area contributed by atoms with Gasteiger partial charge in [-0.15, -0.1) is 0 Å². The molecule has 6 rings (SSSR count). The molecule has 6 unspecified atom stereocenters. The molecule has 2 aliphatic rings. The van der Waals surface area contributed by atoms with E-state index in [-0.39, 0.29) is 36.8 Å². The molecule has 19 heteroatoms. The van der Waals surface area contributed by atoms with Crippen LogP contribution in [0.1, 0.15) is 94.2 Å². The summed E-state index contributed by atoms with van der Waals surface area (Å²) in [4.78, 5) is 62.5. The number of carbonyl (C=O) groups excluding carboxylic acids is 3. The van der Waals surface area contributed by atoms with E-state index in [1.807, 2.05) is 41.5 Å². The van der Waals surface area contributed by atoms with Gasteiger partial charge in [-0.1, -0.05) is 41.5 Å². The molecule has 0 bridgehead atoms. The summed E-state index contributed by atoms with van der Waals surface area (Å²) in [6, 6.07) is 6.86. The molecule has 17 nitrogen and oxygen atoms in total. The maximum absolute atomic E-state index is 15.5. The zero-order valence-electron chi connectivity index (χ0n) is 44.6. The maximum Gasteiger partial charge on any atom is 0.508 e. The number of pyridine rings is 4. The molecule has 396 valence electrons. The number of rotatable bonds is 16. The van der Waals surface area contributed by atoms with Crippen LogP contribution in [-0.4, -0.2) is 138 Å². The normalized spacial score (nSPS) is 20.0. The summed E-state index contributed by atoms with van der Waals surface area (Å²) < 4.78 is 65.9. The van der Waals surface area contributed by atoms with E-state index in [9.17, 15) is 14.4 Å². The molecule has 4 aromatic heterocycles. The first kappa shape index (κ1) is 55.6. The molecule has 0 aromatic carbocycles. The van der Waals surface area contributed by atoms with Gasteiger partial charge < -0.3 is 48.9 Å². The van der Waals surface area contributed by atoms with Gasteiger partial charge in [0.25, 0.3) is 0 Å². The van der Waals surface area contributed by atoms with Gasteiger partial charge in [0.1, 0.15) is 35.0 Å². The highest BCUT2D eigenvalue weighted by Crippen LogP contribution is 2.41. The van der Waals surface area contributed by atoms with Gasteiger partial charge in [-0.3, -0.25) is 9.97 Å². The van der Waals surface area contributed by atoms with Crippen molar-refractivity contribution < 1.29 is 51.6 Å². The number of hydrogen-bond donors (Lipinski definition) is 2. The molecule has 0 aliphatic carbocycles. The Labute approximate surface area is 422 Å². The molecule has 0 spiro atoms. The predicted molar refractivity (Wildman–Crippen MR) is 269 cm³/mol. The summed E-state index contributed by atoms with van der Waals surface area (Å²) in [6.45, 7) is 26.0. The fourth-order valence-corrected chi connectivity index (χ4v) is 9.96. The lowest BCUT2D eigenvalue weighted by atomic mass is 9.76. The van der Waals surface area contributed by atoms with Gasteiger partial charge in [0.15, 0.2) is 0 Å². The molecule has 2 amide bonds. The van der Waals surface area contributed by atoms with Crippen LogP contribution >= 0.6 is 0 Å². The Hall–Kier alpha value is -5.69. The first-order valence-electron chi connectivity index (χ1n) is 24.8. The molecule has 2 N–H and O–H groups in total. The van der Waals surface area contributed by atoms with Gasteiger partial charge in [0.2, 0.25) is 11.8 Å². The van der Waals surface area contributed by atoms with Crippen LogP contribution in [0.2, 0.25) is 0 Å². The van der Waals surface area contributed by atoms with E-state index in [1.54, 1.807) is 65.8 Å². The van der Waals surface area contributed by atoms with Gasteiger partial charge in [-0.05, 0) is 89.2 Å². The SMILES string of the molecule is COc1ccc2ncc(F)c(CCN3CC(CNC(=O)OC(C)(C)C)C(C(OC(=O)OC(C4CN(CCc5c(F)cnc6ccc(OC)nc56)CC4CNC(=O)OC(C)(C)C)C(C)(C)C)C(C)(C)C)C3)c2n1. The van der Waals surface area contributed by atoms with Gasteiger partial charge >= 0.3 is 18.3 Å². The smallest absolute Gasteiger partial charge is 0.481 e. The third-order valence-corrected chi connectivity index (χ3v) is 13.1. The minimum atomic E-state index is -0.847. The number of likely N-dealkylation sites (tertiary alicyclic amines) is 2. The molecule has 2 aliphatic heterocycles. The standard InChI is InChI=1S/C53H76F2N8O9/c1-50(2,3)45(35-29-62(27-31(35)23-58-47(64)71-52(7,8)9)21-19-33-37(54)25-56-39-15-17-41(67-13)60-43(33)39)69-49(66)70-46(51(4,5)6)36-30-63(28-32(36)24-59-48(65)72-53(10,11)12)22-20-34-38(55)26-57-40-16-18-42(68-14)61-44(34)40/h15-18,25-26,31-32,35-36,45-46H,19-24,27-30H2,1-14H3,(H,58,64)(H,59,65). The summed E-state index contributed by atoms with van der Waals surface area (Å²) in [5.41, 5.74) is 0.0954. The highest BCUT2D eigenvalue weighted by molar-refractivity contribution is 5.79. The summed E-state index contributed by atoms with van der Waals surface area (Å²) >= 11 is 0. The molecule has 6 heterocycles. The summed E-state index contributed by atoms with van der Waals surface area (Å²) in [6.07, 6.45) is -0.359. The van der Waals surface area contributed by atoms with E-state index in [0.29, 0.717) is 97.1 Å². The van der Waals surface area contributed by atoms with Crippen molar-refractivity contribution in [3.05, 3.63) is 59.4 Å². The lowest BCUT2D eigenvalue weighted by molar-refractivity contribution is -0.0920. The number of methoxy groups -OCH3 is 2. The number of alkyl carbamates (subject to hydrolysis) is 2. The number of halogens is 2. The summed E-state index contributed by atoms with van der Waals surface area (Å²) in [7, 11) is 3.01. The molecule has 2 saturated heterocycles. The second-order valence-electron chi connectivity index (χ2n) is 23.3. The molecule has 0 saturated carbocycles. The van der Waals surface area contributed by atoms with Crippen molar-refractivity contribution in [2.24, 2.45) is 34.5 Å². The minimum Gasteiger partial charge on any atom is -0.481 e. The number of ether oxygens (including phenoxy) is 6. The van der Waals surface area contributed by atoms with Crippen molar-refractivity contribution in [3.8, 4) is 11.8 Å². The number of aromatic nitrogens is 4. The zero-order valence-corrected chi connectivity index (χ0v) is 44.6. The van der Waals surface area contributed by atoms with E-state index >= 15 is 8.78 Å². The zero-order chi connectivity index (χ0) is 52.9. The molecule has 6 atom stereocenters. The fraction of sp³-hybridized carbons (Fsp3) is 0.642. The van der Waals surface area contributed by atoms with Gasteiger partial charge in [0.05, 0.1) is 48.7 Å². The number of nitrogens with zero attached hydrogens (tertiary/aromatic N) is 6. The van der Waals surface area contributed by atoms with Gasteiger partial charge in [-0.25, -0.2) is 33.1 Å². The van der Waals surface area contributed by atoms with Crippen molar-refractivity contribution >= 4 is 40.4 Å². The van der Waals surface area contributed by atoms with Crippen LogP contribution in [-0.2, 0) is 31.8 Å². The first-order chi connectivity index (χ1) is 33.6. The Morgan fingerprint density at radius 3 is 1.32 bits per heavy atom. The maximum atomic E-state index is 15.5. The van der Waals surface area contributed by atoms with Crippen LogP contribution < -0.4 is 20.1 Å². The molecular weight excluding hydrogens is 931 g/mol. The van der Waals surface area contributed by atoms with E-state index in [1.165, 1.54) is 26.6 Å². The molecular formula is C53H76F2N8O9. The van der Waals surface area contributed by atoms with Crippen LogP contribution in [0.3, 0.4) is 0 Å². The van der Waals surface area contributed by atoms with Crippen molar-refractivity contribution in [2.45, 2.75) is 119 Å². The van der Waals surface area contributed by atoms with Crippen molar-refractivity contribution in [1.29, 1.82) is 0 Å². The van der Waals surface area contributed by atoms with Gasteiger partial charge in [0, 0.05) is 87.5 Å². The average Bonchev–Trinajstić information content (AvgIpc) is 3.88. The topological polar surface area (TPSA) is 189 Å². The van der Waals surface area contributed by atoms with Crippen molar-refractivity contribution in [2.75, 3.05) is 66.6 Å². The average molecular weight is 1010 g/mol. The van der Waals surface area contributed by atoms with Crippen LogP contribution in [0.15, 0.2) is 36.7 Å². The summed E-state index contributed by atoms with van der Waals surface area (Å²) in [5, 5.41) is 5.90. The Balaban J connectivity index is 1.24. The summed E-state index contributed by atoms with van der Waals surface area (Å²) in [5.74, 6) is -1.28. The Kier molecular flexibility index (Phi) is 17.5. The first-order valence-corrected chi connectivity index (χ1v) is 24.8. The quantitative estimate of drug-likeness (QED) is 0.0800. The molecule has 0 radical (unpaired) electrons. The highest BCUT2D eigenvalue weighted by Gasteiger charge is 2.48. The lowest BCUT2D eigenvalue weighted by Gasteiger charge is -2.40. The van der Waals surface area contributed by atoms with Crippen molar-refractivity contribution in [3.63, 3.8) is 0 Å². The van der Waals surface area contributed by atoms with E-state index < -0.39 is 64.2 Å². The second-order valence-corrected chi connectivity index (χ2v) is 23.3. The monoisotopic (exact) mass is 1010 g/mol. The number of nitrogens with one attached hydrogen (secondary N) is 2. The lowest BCUT2D eigenvalue weighted by Crippen LogP contribution is -2.47. The third kappa shape index (κ3) is 14.7. The number of amides is 2. The van der Waals surface area contributed by atoms with Crippen LogP contribution in [0, 0.1) is 46.1 Å². The van der Waals surface area contributed by atoms with E-state index in [0.717, 1.165) is 0 Å². The Bertz CT molecular complexity index is 2370. The third-order valence-electron chi connectivity index (χ3n) is 13.1. The minimum absolute atomic E-state index is 0.212. The molecule has 2 fully saturated rings. The molecule has 72 heavy (non-hydrogen) atoms. The Morgan fingerprint density at radius 1 is 0.611 bits per heavy atom. The van der Waals surface area contributed by atoms with E-state index in [4.69, 9.17) is 28.4 Å². The van der Waals surface area contributed by atoms with Crippen LogP contribution in [0.25, 0.3) is 22.1 Å². The Morgan fingerprint density at radius 2 is 0.986 bits per heavy atom. The van der Waals surface area contributed by atoms with E-state index in [2.05, 4.69) is 40.4 Å². The van der Waals surface area contributed by atoms with Crippen molar-refractivity contribution in [1.82, 2.24) is 40.4 Å². The second kappa shape index (κ2) is 22.6. The number of carbonyl (C=O) groups is 3. The largest absolute Gasteiger partial charge is 0.508 e. The van der Waals surface area contributed by atoms with Gasteiger partial charge in [-0.2, -0.15) is 0 Å². The number of hydrogen-bond acceptors (Lipinski definition) is 15. The highest BCUT2D eigenvalue weighted by atomic mass is 19.1. The number of fused-ring (bicyclic) bond motifs is 2.